The summed E-state index contributed by atoms with van der Waals surface area (Å²) in [5.41, 5.74) is 5.26. The van der Waals surface area contributed by atoms with Crippen molar-refractivity contribution >= 4 is 81.9 Å². The molecule has 19 nitrogen and oxygen atoms in total. The van der Waals surface area contributed by atoms with Crippen LogP contribution in [0.25, 0.3) is 11.1 Å². The number of aliphatic imine (C=N–C) groups is 2. The number of ketones is 1. The lowest BCUT2D eigenvalue weighted by atomic mass is 9.92. The zero-order chi connectivity index (χ0) is 59.9. The Morgan fingerprint density at radius 2 is 1.21 bits per heavy atom. The van der Waals surface area contributed by atoms with Crippen molar-refractivity contribution in [3.8, 4) is 28.7 Å². The number of nitrogens with zero attached hydrogens (tertiary/aromatic N) is 5. The number of hydrogen-bond donors (Lipinski definition) is 2. The standard InChI is InChI=1S/C64H72FN7O12/c1-36(2)46-29-59(75)70(62(46)77)20-11-9-10-13-58(74)69-60(37(3)4)52(73)23-38(5)61(76)68-43-17-14-39(15-18-43)41-24-44-32-66-50-30-56(54(81-7)27-47(50)63(78)71(44)34-41)83-21-12-22-84-57-31-51-48(28-55(57)82-8)64(79)72-35-42(25-45(72)33-67-51)40-16-19-53(80-6)49(65)26-40/h14-19,26-28,30-38,44-46,60H,9-13,20-25,29H2,1-8H3,(H,68,76)(H,69,74)/t38-,44+,45+,46?,60+/m1/s1. The monoisotopic (exact) mass is 1150 g/mol. The number of benzene rings is 4. The average molecular weight is 1150 g/mol. The third-order valence-corrected chi connectivity index (χ3v) is 15.9. The fourth-order valence-electron chi connectivity index (χ4n) is 11.0. The van der Waals surface area contributed by atoms with Crippen LogP contribution in [-0.2, 0) is 24.0 Å². The quantitative estimate of drug-likeness (QED) is 0.0467. The van der Waals surface area contributed by atoms with Crippen molar-refractivity contribution in [2.75, 3.05) is 46.4 Å². The minimum absolute atomic E-state index is 0.0706. The van der Waals surface area contributed by atoms with Crippen molar-refractivity contribution in [2.45, 2.75) is 111 Å². The third-order valence-electron chi connectivity index (χ3n) is 15.9. The number of likely N-dealkylation sites (tertiary alicyclic amines) is 1. The fraction of sp³-hybridized carbons (Fsp3) is 0.422. The molecule has 5 aliphatic rings. The Bertz CT molecular complexity index is 3350. The molecule has 20 heteroatoms. The first-order chi connectivity index (χ1) is 40.3. The second kappa shape index (κ2) is 26.3. The van der Waals surface area contributed by atoms with E-state index in [-0.39, 0.29) is 109 Å². The van der Waals surface area contributed by atoms with E-state index in [0.717, 1.165) is 16.7 Å². The number of methoxy groups -OCH3 is 3. The van der Waals surface area contributed by atoms with E-state index < -0.39 is 17.8 Å². The number of amides is 6. The summed E-state index contributed by atoms with van der Waals surface area (Å²) in [5, 5.41) is 5.77. The van der Waals surface area contributed by atoms with E-state index in [1.165, 1.54) is 32.3 Å². The number of hydrogen-bond acceptors (Lipinski definition) is 14. The molecule has 0 aliphatic carbocycles. The van der Waals surface area contributed by atoms with Gasteiger partial charge in [-0.25, -0.2) is 4.39 Å². The van der Waals surface area contributed by atoms with Gasteiger partial charge in [-0.15, -0.1) is 0 Å². The predicted molar refractivity (Wildman–Crippen MR) is 315 cm³/mol. The van der Waals surface area contributed by atoms with Crippen LogP contribution in [0.2, 0.25) is 0 Å². The molecule has 84 heavy (non-hydrogen) atoms. The Hall–Kier alpha value is -8.68. The normalized spacial score (nSPS) is 18.6. The summed E-state index contributed by atoms with van der Waals surface area (Å²) in [7, 11) is 4.39. The van der Waals surface area contributed by atoms with Gasteiger partial charge in [0.2, 0.25) is 23.6 Å². The third kappa shape index (κ3) is 13.2. The Morgan fingerprint density at radius 1 is 0.655 bits per heavy atom. The highest BCUT2D eigenvalue weighted by atomic mass is 19.1. The van der Waals surface area contributed by atoms with Crippen molar-refractivity contribution in [3.63, 3.8) is 0 Å². The smallest absolute Gasteiger partial charge is 0.260 e. The summed E-state index contributed by atoms with van der Waals surface area (Å²) in [6.45, 7) is 10.0. The van der Waals surface area contributed by atoms with Crippen LogP contribution in [0.4, 0.5) is 21.5 Å². The summed E-state index contributed by atoms with van der Waals surface area (Å²) in [4.78, 5) is 107. The molecular weight excluding hydrogens is 1080 g/mol. The molecule has 0 spiro atoms. The maximum absolute atomic E-state index is 14.5. The maximum Gasteiger partial charge on any atom is 0.260 e. The van der Waals surface area contributed by atoms with Crippen molar-refractivity contribution < 1.29 is 61.6 Å². The second-order valence-electron chi connectivity index (χ2n) is 22.4. The van der Waals surface area contributed by atoms with Crippen molar-refractivity contribution in [1.82, 2.24) is 20.0 Å². The number of rotatable bonds is 25. The van der Waals surface area contributed by atoms with E-state index in [0.29, 0.717) is 102 Å². The molecule has 0 bridgehead atoms. The van der Waals surface area contributed by atoms with Gasteiger partial charge in [0.25, 0.3) is 11.8 Å². The summed E-state index contributed by atoms with van der Waals surface area (Å²) in [6, 6.07) is 17.1. The number of Topliss-reactive ketones (excluding diaryl/α,β-unsaturated/α-hetero) is 1. The van der Waals surface area contributed by atoms with Crippen LogP contribution >= 0.6 is 0 Å². The fourth-order valence-corrected chi connectivity index (χ4v) is 11.0. The van der Waals surface area contributed by atoms with Crippen LogP contribution in [0, 0.1) is 29.5 Å². The molecule has 9 rings (SSSR count). The van der Waals surface area contributed by atoms with Crippen molar-refractivity contribution in [2.24, 2.45) is 33.7 Å². The highest BCUT2D eigenvalue weighted by Crippen LogP contribution is 2.42. The van der Waals surface area contributed by atoms with Gasteiger partial charge in [0.1, 0.15) is 0 Å². The number of unbranched alkanes of at least 4 members (excludes halogenated alkanes) is 2. The first kappa shape index (κ1) is 59.9. The first-order valence-corrected chi connectivity index (χ1v) is 28.6. The number of fused-ring (bicyclic) bond motifs is 4. The van der Waals surface area contributed by atoms with Crippen LogP contribution in [0.3, 0.4) is 0 Å². The number of nitrogens with one attached hydrogen (secondary N) is 2. The largest absolute Gasteiger partial charge is 0.494 e. The lowest BCUT2D eigenvalue weighted by Crippen LogP contribution is -2.45. The number of carbonyl (C=O) groups is 7. The van der Waals surface area contributed by atoms with E-state index in [9.17, 15) is 38.0 Å². The van der Waals surface area contributed by atoms with Crippen LogP contribution < -0.4 is 34.3 Å². The zero-order valence-corrected chi connectivity index (χ0v) is 48.7. The molecule has 5 atom stereocenters. The summed E-state index contributed by atoms with van der Waals surface area (Å²) < 4.78 is 43.2. The van der Waals surface area contributed by atoms with Gasteiger partial charge in [-0.2, -0.15) is 0 Å². The predicted octanol–water partition coefficient (Wildman–Crippen LogP) is 9.91. The highest BCUT2D eigenvalue weighted by Gasteiger charge is 2.40. The van der Waals surface area contributed by atoms with Gasteiger partial charge in [-0.05, 0) is 83.3 Å². The van der Waals surface area contributed by atoms with Crippen LogP contribution in [0.5, 0.6) is 28.7 Å². The van der Waals surface area contributed by atoms with Gasteiger partial charge in [-0.3, -0.25) is 48.4 Å². The molecular formula is C64H72FN7O12. The Morgan fingerprint density at radius 3 is 1.74 bits per heavy atom. The molecule has 5 heterocycles. The molecule has 4 aromatic rings. The Balaban J connectivity index is 0.731. The van der Waals surface area contributed by atoms with Crippen LogP contribution in [0.1, 0.15) is 124 Å². The molecule has 4 aromatic carbocycles. The number of ether oxygens (including phenoxy) is 5. The number of anilines is 1. The van der Waals surface area contributed by atoms with Gasteiger partial charge in [0.15, 0.2) is 40.3 Å². The molecule has 0 saturated carbocycles. The van der Waals surface area contributed by atoms with Crippen molar-refractivity contribution in [3.05, 3.63) is 107 Å². The Labute approximate surface area is 488 Å². The maximum atomic E-state index is 14.5. The molecule has 1 fully saturated rings. The van der Waals surface area contributed by atoms with E-state index >= 15 is 0 Å². The van der Waals surface area contributed by atoms with Gasteiger partial charge in [-0.1, -0.05) is 59.2 Å². The molecule has 0 aromatic heterocycles. The van der Waals surface area contributed by atoms with Crippen LogP contribution in [-0.4, -0.2) is 128 Å². The molecule has 1 saturated heterocycles. The molecule has 2 N–H and O–H groups in total. The number of halogens is 1. The molecule has 442 valence electrons. The molecule has 6 amide bonds. The van der Waals surface area contributed by atoms with Gasteiger partial charge in [0, 0.05) is 99.6 Å². The summed E-state index contributed by atoms with van der Waals surface area (Å²) in [5.74, 6) is -1.54. The van der Waals surface area contributed by atoms with Crippen LogP contribution in [0.15, 0.2) is 89.1 Å². The first-order valence-electron chi connectivity index (χ1n) is 28.6. The van der Waals surface area contributed by atoms with E-state index in [2.05, 4.69) is 15.6 Å². The van der Waals surface area contributed by atoms with Crippen molar-refractivity contribution in [1.29, 1.82) is 0 Å². The molecule has 5 aliphatic heterocycles. The second-order valence-corrected chi connectivity index (χ2v) is 22.4. The minimum Gasteiger partial charge on any atom is -0.494 e. The number of imide groups is 1. The molecule has 1 unspecified atom stereocenters. The van der Waals surface area contributed by atoms with Gasteiger partial charge >= 0.3 is 0 Å². The lowest BCUT2D eigenvalue weighted by molar-refractivity contribution is -0.140. The number of carbonyl (C=O) groups excluding carboxylic acids is 7. The molecule has 0 radical (unpaired) electrons. The lowest BCUT2D eigenvalue weighted by Gasteiger charge is -2.23. The van der Waals surface area contributed by atoms with E-state index in [4.69, 9.17) is 28.7 Å². The van der Waals surface area contributed by atoms with Gasteiger partial charge < -0.3 is 44.1 Å². The summed E-state index contributed by atoms with van der Waals surface area (Å²) >= 11 is 0. The SMILES string of the molecule is COc1ccc(C2=CN3C(=O)c4cc(OC)c(OCCCOc5cc6c(cc5OC)C(=O)N5C=C(c7ccc(NC(=O)[C@H](C)CC(=O)[C@@H](NC(=O)CCCCCN8C(=O)CC(C(C)C)C8=O)C(C)C)cc7)C[C@H]5C=N6)cc4N=C[C@@H]3C2)cc1F. The van der Waals surface area contributed by atoms with E-state index in [1.807, 2.05) is 46.0 Å². The zero-order valence-electron chi connectivity index (χ0n) is 48.7. The average Bonchev–Trinajstić information content (AvgIpc) is 2.35. The Kier molecular flexibility index (Phi) is 18.7. The minimum atomic E-state index is -0.763. The highest BCUT2D eigenvalue weighted by molar-refractivity contribution is 6.07. The van der Waals surface area contributed by atoms with Gasteiger partial charge in [0.05, 0.1) is 75.2 Å². The topological polar surface area (TPSA) is 224 Å². The summed E-state index contributed by atoms with van der Waals surface area (Å²) in [6.07, 6.45) is 10.6. The van der Waals surface area contributed by atoms with E-state index in [1.54, 1.807) is 83.9 Å².